The van der Waals surface area contributed by atoms with Gasteiger partial charge in [-0.1, -0.05) is 24.3 Å². The maximum atomic E-state index is 11.8. The van der Waals surface area contributed by atoms with E-state index >= 15 is 0 Å². The fourth-order valence-corrected chi connectivity index (χ4v) is 2.62. The number of hydrogen-bond donors (Lipinski definition) is 1. The summed E-state index contributed by atoms with van der Waals surface area (Å²) in [5.41, 5.74) is 2.05. The van der Waals surface area contributed by atoms with Gasteiger partial charge in [0.2, 0.25) is 5.88 Å². The van der Waals surface area contributed by atoms with Crippen molar-refractivity contribution in [1.29, 1.82) is 0 Å². The molecule has 2 aromatic heterocycles. The standard InChI is InChI=1S/C19H15N5O2/c1-20-18(25)13-6-5-9-15(10-13)26-19-16-11-23-24(17(16)21-12-22-19)14-7-3-2-4-8-14/h2-12H,1H3,(H,20,25). The summed E-state index contributed by atoms with van der Waals surface area (Å²) >= 11 is 0. The number of nitrogens with zero attached hydrogens (tertiary/aromatic N) is 4. The van der Waals surface area contributed by atoms with Crippen molar-refractivity contribution in [3.8, 4) is 17.3 Å². The van der Waals surface area contributed by atoms with Crippen molar-refractivity contribution < 1.29 is 9.53 Å². The summed E-state index contributed by atoms with van der Waals surface area (Å²) in [5, 5.41) is 7.67. The van der Waals surface area contributed by atoms with E-state index in [0.717, 1.165) is 5.69 Å². The molecule has 26 heavy (non-hydrogen) atoms. The highest BCUT2D eigenvalue weighted by Gasteiger charge is 2.13. The number of carbonyl (C=O) groups excluding carboxylic acids is 1. The number of nitrogens with one attached hydrogen (secondary N) is 1. The van der Waals surface area contributed by atoms with Crippen LogP contribution in [-0.2, 0) is 0 Å². The Morgan fingerprint density at radius 2 is 1.92 bits per heavy atom. The molecule has 2 aromatic carbocycles. The van der Waals surface area contributed by atoms with Crippen LogP contribution >= 0.6 is 0 Å². The lowest BCUT2D eigenvalue weighted by Gasteiger charge is -2.07. The zero-order chi connectivity index (χ0) is 17.9. The van der Waals surface area contributed by atoms with Crippen molar-refractivity contribution in [1.82, 2.24) is 25.1 Å². The zero-order valence-corrected chi connectivity index (χ0v) is 14.0. The van der Waals surface area contributed by atoms with Crippen LogP contribution in [-0.4, -0.2) is 32.7 Å². The molecule has 7 nitrogen and oxygen atoms in total. The number of carbonyl (C=O) groups is 1. The van der Waals surface area contributed by atoms with Gasteiger partial charge in [0.25, 0.3) is 5.91 Å². The van der Waals surface area contributed by atoms with Gasteiger partial charge in [-0.05, 0) is 30.3 Å². The van der Waals surface area contributed by atoms with Gasteiger partial charge in [0.15, 0.2) is 5.65 Å². The number of hydrogen-bond acceptors (Lipinski definition) is 5. The van der Waals surface area contributed by atoms with E-state index in [4.69, 9.17) is 4.74 Å². The molecule has 0 radical (unpaired) electrons. The lowest BCUT2D eigenvalue weighted by molar-refractivity contribution is 0.0963. The minimum atomic E-state index is -0.180. The van der Waals surface area contributed by atoms with E-state index < -0.39 is 0 Å². The van der Waals surface area contributed by atoms with Crippen LogP contribution in [0.5, 0.6) is 11.6 Å². The van der Waals surface area contributed by atoms with Crippen LogP contribution in [0.1, 0.15) is 10.4 Å². The molecule has 0 saturated heterocycles. The van der Waals surface area contributed by atoms with Gasteiger partial charge in [-0.2, -0.15) is 5.10 Å². The molecule has 7 heteroatoms. The second kappa shape index (κ2) is 6.64. The highest BCUT2D eigenvalue weighted by atomic mass is 16.5. The number of benzene rings is 2. The Morgan fingerprint density at radius 1 is 1.08 bits per heavy atom. The molecule has 0 atom stereocenters. The van der Waals surface area contributed by atoms with E-state index in [2.05, 4.69) is 20.4 Å². The number of para-hydroxylation sites is 1. The van der Waals surface area contributed by atoms with Gasteiger partial charge in [0, 0.05) is 12.6 Å². The minimum Gasteiger partial charge on any atom is -0.438 e. The van der Waals surface area contributed by atoms with Crippen LogP contribution in [0.4, 0.5) is 0 Å². The summed E-state index contributed by atoms with van der Waals surface area (Å²) in [7, 11) is 1.59. The van der Waals surface area contributed by atoms with Gasteiger partial charge in [0.1, 0.15) is 17.5 Å². The highest BCUT2D eigenvalue weighted by molar-refractivity contribution is 5.94. The maximum absolute atomic E-state index is 11.8. The molecule has 0 aliphatic heterocycles. The Labute approximate surface area is 149 Å². The first-order valence-electron chi connectivity index (χ1n) is 8.00. The van der Waals surface area contributed by atoms with Gasteiger partial charge in [0.05, 0.1) is 11.9 Å². The first-order chi connectivity index (χ1) is 12.8. The number of amides is 1. The van der Waals surface area contributed by atoms with Gasteiger partial charge in [-0.3, -0.25) is 4.79 Å². The number of rotatable bonds is 4. The molecular formula is C19H15N5O2. The summed E-state index contributed by atoms with van der Waals surface area (Å²) in [6.07, 6.45) is 3.10. The smallest absolute Gasteiger partial charge is 0.251 e. The average Bonchev–Trinajstić information content (AvgIpc) is 3.13. The quantitative estimate of drug-likeness (QED) is 0.615. The third-order valence-electron chi connectivity index (χ3n) is 3.87. The van der Waals surface area contributed by atoms with Gasteiger partial charge in [-0.15, -0.1) is 0 Å². The van der Waals surface area contributed by atoms with Crippen molar-refractivity contribution in [3.63, 3.8) is 0 Å². The predicted octanol–water partition coefficient (Wildman–Crippen LogP) is 2.97. The Hall–Kier alpha value is -3.74. The predicted molar refractivity (Wildman–Crippen MR) is 96.6 cm³/mol. The Kier molecular flexibility index (Phi) is 4.03. The van der Waals surface area contributed by atoms with E-state index in [1.54, 1.807) is 42.2 Å². The molecule has 0 aliphatic carbocycles. The van der Waals surface area contributed by atoms with E-state index in [-0.39, 0.29) is 5.91 Å². The van der Waals surface area contributed by atoms with E-state index in [0.29, 0.717) is 28.2 Å². The Bertz CT molecular complexity index is 1080. The van der Waals surface area contributed by atoms with Gasteiger partial charge >= 0.3 is 0 Å². The summed E-state index contributed by atoms with van der Waals surface area (Å²) in [4.78, 5) is 20.3. The first kappa shape index (κ1) is 15.8. The number of fused-ring (bicyclic) bond motifs is 1. The second-order valence-electron chi connectivity index (χ2n) is 5.52. The van der Waals surface area contributed by atoms with Crippen molar-refractivity contribution in [2.24, 2.45) is 0 Å². The van der Waals surface area contributed by atoms with Crippen molar-refractivity contribution >= 4 is 16.9 Å². The molecule has 0 saturated carbocycles. The van der Waals surface area contributed by atoms with Crippen LogP contribution in [0, 0.1) is 0 Å². The van der Waals surface area contributed by atoms with Crippen molar-refractivity contribution in [3.05, 3.63) is 72.7 Å². The average molecular weight is 345 g/mol. The number of aromatic nitrogens is 4. The fraction of sp³-hybridized carbons (Fsp3) is 0.0526. The van der Waals surface area contributed by atoms with E-state index in [1.165, 1.54) is 6.33 Å². The molecule has 0 bridgehead atoms. The van der Waals surface area contributed by atoms with Crippen LogP contribution < -0.4 is 10.1 Å². The molecule has 4 rings (SSSR count). The largest absolute Gasteiger partial charge is 0.438 e. The van der Waals surface area contributed by atoms with E-state index in [1.807, 2.05) is 30.3 Å². The fourth-order valence-electron chi connectivity index (χ4n) is 2.62. The summed E-state index contributed by atoms with van der Waals surface area (Å²) in [6, 6.07) is 16.6. The summed E-state index contributed by atoms with van der Waals surface area (Å²) in [6.45, 7) is 0. The van der Waals surface area contributed by atoms with Crippen molar-refractivity contribution in [2.75, 3.05) is 7.05 Å². The normalized spacial score (nSPS) is 10.7. The van der Waals surface area contributed by atoms with Crippen LogP contribution in [0.3, 0.4) is 0 Å². The molecular weight excluding hydrogens is 330 g/mol. The first-order valence-corrected chi connectivity index (χ1v) is 8.00. The monoisotopic (exact) mass is 345 g/mol. The molecule has 128 valence electrons. The zero-order valence-electron chi connectivity index (χ0n) is 14.0. The molecule has 0 unspecified atom stereocenters. The molecule has 0 fully saturated rings. The lowest BCUT2D eigenvalue weighted by Crippen LogP contribution is -2.17. The molecule has 1 N–H and O–H groups in total. The highest BCUT2D eigenvalue weighted by Crippen LogP contribution is 2.28. The van der Waals surface area contributed by atoms with E-state index in [9.17, 15) is 4.79 Å². The molecule has 1 amide bonds. The van der Waals surface area contributed by atoms with Crippen LogP contribution in [0.15, 0.2) is 67.1 Å². The number of ether oxygens (including phenoxy) is 1. The SMILES string of the molecule is CNC(=O)c1cccc(Oc2ncnc3c2cnn3-c2ccccc2)c1. The van der Waals surface area contributed by atoms with Gasteiger partial charge in [-0.25, -0.2) is 14.6 Å². The third-order valence-corrected chi connectivity index (χ3v) is 3.87. The molecule has 2 heterocycles. The maximum Gasteiger partial charge on any atom is 0.251 e. The topological polar surface area (TPSA) is 81.9 Å². The lowest BCUT2D eigenvalue weighted by atomic mass is 10.2. The summed E-state index contributed by atoms with van der Waals surface area (Å²) in [5.74, 6) is 0.713. The van der Waals surface area contributed by atoms with Crippen LogP contribution in [0.25, 0.3) is 16.7 Å². The Balaban J connectivity index is 1.72. The van der Waals surface area contributed by atoms with Gasteiger partial charge < -0.3 is 10.1 Å². The second-order valence-corrected chi connectivity index (χ2v) is 5.52. The third kappa shape index (κ3) is 2.86. The molecule has 0 spiro atoms. The Morgan fingerprint density at radius 3 is 2.73 bits per heavy atom. The summed E-state index contributed by atoms with van der Waals surface area (Å²) < 4.78 is 7.62. The van der Waals surface area contributed by atoms with Crippen LogP contribution in [0.2, 0.25) is 0 Å². The minimum absolute atomic E-state index is 0.180. The molecule has 0 aliphatic rings. The molecule has 4 aromatic rings. The van der Waals surface area contributed by atoms with Crippen molar-refractivity contribution in [2.45, 2.75) is 0 Å².